The third kappa shape index (κ3) is 5.22. The summed E-state index contributed by atoms with van der Waals surface area (Å²) < 4.78 is 76.4. The molecule has 2 N–H and O–H groups in total. The Kier molecular flexibility index (Phi) is 6.12. The zero-order valence-corrected chi connectivity index (χ0v) is 17.4. The Balaban J connectivity index is 1.25. The average Bonchev–Trinajstić information content (AvgIpc) is 3.56. The zero-order valence-electron chi connectivity index (χ0n) is 17.4. The molecule has 3 heterocycles. The van der Waals surface area contributed by atoms with Crippen molar-refractivity contribution in [3.8, 4) is 0 Å². The molecule has 2 aromatic heterocycles. The highest BCUT2D eigenvalue weighted by atomic mass is 19.4. The number of anilines is 2. The van der Waals surface area contributed by atoms with Crippen molar-refractivity contribution in [3.05, 3.63) is 39.9 Å². The Bertz CT molecular complexity index is 1090. The molecule has 9 nitrogen and oxygen atoms in total. The van der Waals surface area contributed by atoms with Gasteiger partial charge in [-0.05, 0) is 12.3 Å². The van der Waals surface area contributed by atoms with Crippen molar-refractivity contribution in [1.29, 1.82) is 0 Å². The van der Waals surface area contributed by atoms with Crippen molar-refractivity contribution in [2.24, 2.45) is 11.8 Å². The molecule has 0 radical (unpaired) electrons. The zero-order chi connectivity index (χ0) is 24.7. The van der Waals surface area contributed by atoms with Crippen LogP contribution in [0.5, 0.6) is 0 Å². The molecule has 2 aliphatic rings. The lowest BCUT2D eigenvalue weighted by Gasteiger charge is -2.35. The summed E-state index contributed by atoms with van der Waals surface area (Å²) in [5.41, 5.74) is -3.63. The number of H-pyrrole nitrogens is 1. The van der Waals surface area contributed by atoms with E-state index in [9.17, 15) is 35.9 Å². The van der Waals surface area contributed by atoms with Crippen LogP contribution in [0, 0.1) is 11.8 Å². The Morgan fingerprint density at radius 1 is 1.06 bits per heavy atom. The van der Waals surface area contributed by atoms with Crippen LogP contribution in [0.4, 0.5) is 38.1 Å². The fraction of sp³-hybridized carbons (Fsp3) is 0.526. The standard InChI is InChI=1S/C19H19F6N7O2/c20-18(21,22)11-8-27-17(28-9-11)32-3-1-31(2-4-32)16(34)12-5-10(12)7-26-14-6-13(19(23,24)25)15(33)30-29-14/h6,8-10,12H,1-5,7H2,(H,26,29)(H,30,33)/t10-,12+/m0/s1. The number of nitrogens with one attached hydrogen (secondary N) is 2. The molecule has 2 aromatic rings. The van der Waals surface area contributed by atoms with E-state index in [4.69, 9.17) is 0 Å². The van der Waals surface area contributed by atoms with E-state index in [1.165, 1.54) is 0 Å². The Morgan fingerprint density at radius 3 is 2.29 bits per heavy atom. The molecule has 4 rings (SSSR count). The third-order valence-corrected chi connectivity index (χ3v) is 5.73. The smallest absolute Gasteiger partial charge is 0.368 e. The van der Waals surface area contributed by atoms with E-state index >= 15 is 0 Å². The van der Waals surface area contributed by atoms with Crippen LogP contribution in [0.2, 0.25) is 0 Å². The second kappa shape index (κ2) is 8.76. The highest BCUT2D eigenvalue weighted by molar-refractivity contribution is 5.82. The lowest BCUT2D eigenvalue weighted by atomic mass is 10.2. The number of nitrogens with zero attached hydrogens (tertiary/aromatic N) is 5. The number of hydrogen-bond donors (Lipinski definition) is 2. The normalized spacial score (nSPS) is 20.9. The van der Waals surface area contributed by atoms with Crippen LogP contribution in [0.25, 0.3) is 0 Å². The Hall–Kier alpha value is -3.39. The highest BCUT2D eigenvalue weighted by Gasteiger charge is 2.45. The molecule has 2 fully saturated rings. The topological polar surface area (TPSA) is 107 Å². The van der Waals surface area contributed by atoms with Gasteiger partial charge in [0.05, 0.1) is 5.56 Å². The predicted octanol–water partition coefficient (Wildman–Crippen LogP) is 1.99. The number of halogens is 6. The summed E-state index contributed by atoms with van der Waals surface area (Å²) in [5.74, 6) is -0.460. The Morgan fingerprint density at radius 2 is 1.71 bits per heavy atom. The van der Waals surface area contributed by atoms with Crippen LogP contribution in [-0.2, 0) is 17.1 Å². The van der Waals surface area contributed by atoms with E-state index in [1.807, 2.05) is 0 Å². The number of aromatic nitrogens is 4. The van der Waals surface area contributed by atoms with Gasteiger partial charge >= 0.3 is 12.4 Å². The maximum Gasteiger partial charge on any atom is 0.421 e. The van der Waals surface area contributed by atoms with E-state index in [2.05, 4.69) is 20.4 Å². The maximum atomic E-state index is 12.8. The van der Waals surface area contributed by atoms with Crippen molar-refractivity contribution in [2.75, 3.05) is 42.9 Å². The van der Waals surface area contributed by atoms with Gasteiger partial charge in [-0.25, -0.2) is 15.1 Å². The SMILES string of the molecule is O=C([C@@H]1C[C@H]1CNc1cc(C(F)(F)F)c(=O)[nH]n1)N1CCN(c2ncc(C(F)(F)F)cn2)CC1. The number of alkyl halides is 6. The largest absolute Gasteiger partial charge is 0.421 e. The molecule has 1 aliphatic heterocycles. The molecule has 0 unspecified atom stereocenters. The summed E-state index contributed by atoms with van der Waals surface area (Å²) in [7, 11) is 0. The lowest BCUT2D eigenvalue weighted by molar-refractivity contribution is -0.139. The maximum absolute atomic E-state index is 12.8. The molecular formula is C19H19F6N7O2. The van der Waals surface area contributed by atoms with Crippen LogP contribution in [0.3, 0.4) is 0 Å². The minimum atomic E-state index is -4.81. The molecule has 34 heavy (non-hydrogen) atoms. The molecule has 1 saturated carbocycles. The number of hydrogen-bond acceptors (Lipinski definition) is 7. The first-order valence-electron chi connectivity index (χ1n) is 10.3. The summed E-state index contributed by atoms with van der Waals surface area (Å²) in [6, 6.07) is 0.626. The first-order chi connectivity index (χ1) is 15.9. The molecule has 1 aliphatic carbocycles. The fourth-order valence-corrected chi connectivity index (χ4v) is 3.71. The van der Waals surface area contributed by atoms with Gasteiger partial charge in [0.15, 0.2) is 0 Å². The number of rotatable bonds is 5. The van der Waals surface area contributed by atoms with E-state index in [1.54, 1.807) is 14.9 Å². The highest BCUT2D eigenvalue weighted by Crippen LogP contribution is 2.40. The van der Waals surface area contributed by atoms with Gasteiger partial charge in [-0.1, -0.05) is 0 Å². The molecular weight excluding hydrogens is 472 g/mol. The van der Waals surface area contributed by atoms with Gasteiger partial charge < -0.3 is 15.1 Å². The van der Waals surface area contributed by atoms with Gasteiger partial charge in [-0.3, -0.25) is 9.59 Å². The van der Waals surface area contributed by atoms with Gasteiger partial charge in [0.1, 0.15) is 11.4 Å². The van der Waals surface area contributed by atoms with Crippen LogP contribution in [0.15, 0.2) is 23.3 Å². The average molecular weight is 491 g/mol. The van der Waals surface area contributed by atoms with Gasteiger partial charge in [-0.15, -0.1) is 0 Å². The summed E-state index contributed by atoms with van der Waals surface area (Å²) >= 11 is 0. The van der Waals surface area contributed by atoms with Crippen molar-refractivity contribution in [1.82, 2.24) is 25.1 Å². The van der Waals surface area contributed by atoms with Gasteiger partial charge in [0, 0.05) is 57.1 Å². The number of carbonyl (C=O) groups excluding carboxylic acids is 1. The fourth-order valence-electron chi connectivity index (χ4n) is 3.71. The molecule has 1 saturated heterocycles. The van der Waals surface area contributed by atoms with Crippen molar-refractivity contribution < 1.29 is 31.1 Å². The molecule has 15 heteroatoms. The summed E-state index contributed by atoms with van der Waals surface area (Å²) in [4.78, 5) is 34.9. The summed E-state index contributed by atoms with van der Waals surface area (Å²) in [5, 5.41) is 8.06. The van der Waals surface area contributed by atoms with Crippen LogP contribution >= 0.6 is 0 Å². The molecule has 0 spiro atoms. The number of aromatic amines is 1. The minimum absolute atomic E-state index is 0.0909. The first kappa shape index (κ1) is 23.8. The van der Waals surface area contributed by atoms with Crippen molar-refractivity contribution in [2.45, 2.75) is 18.8 Å². The number of carbonyl (C=O) groups is 1. The second-order valence-corrected chi connectivity index (χ2v) is 8.06. The summed E-state index contributed by atoms with van der Waals surface area (Å²) in [6.07, 6.45) is -7.33. The Labute approximate surface area is 188 Å². The lowest BCUT2D eigenvalue weighted by Crippen LogP contribution is -2.50. The first-order valence-corrected chi connectivity index (χ1v) is 10.3. The van der Waals surface area contributed by atoms with Crippen molar-refractivity contribution >= 4 is 17.7 Å². The van der Waals surface area contributed by atoms with Gasteiger partial charge in [-0.2, -0.15) is 31.4 Å². The van der Waals surface area contributed by atoms with E-state index in [0.29, 0.717) is 38.7 Å². The number of piperazine rings is 1. The van der Waals surface area contributed by atoms with Crippen LogP contribution in [-0.4, -0.2) is 63.7 Å². The van der Waals surface area contributed by atoms with Crippen LogP contribution in [0.1, 0.15) is 17.5 Å². The van der Waals surface area contributed by atoms with Crippen molar-refractivity contribution in [3.63, 3.8) is 0 Å². The predicted molar refractivity (Wildman–Crippen MR) is 106 cm³/mol. The molecule has 184 valence electrons. The van der Waals surface area contributed by atoms with E-state index < -0.39 is 29.0 Å². The van der Waals surface area contributed by atoms with Gasteiger partial charge in [0.2, 0.25) is 11.9 Å². The summed E-state index contributed by atoms with van der Waals surface area (Å²) in [6.45, 7) is 1.61. The monoisotopic (exact) mass is 491 g/mol. The van der Waals surface area contributed by atoms with Gasteiger partial charge in [0.25, 0.3) is 5.56 Å². The molecule has 0 aromatic carbocycles. The van der Waals surface area contributed by atoms with E-state index in [0.717, 1.165) is 12.4 Å². The minimum Gasteiger partial charge on any atom is -0.368 e. The molecule has 0 bridgehead atoms. The number of amides is 1. The van der Waals surface area contributed by atoms with Crippen LogP contribution < -0.4 is 15.8 Å². The van der Waals surface area contributed by atoms with E-state index in [-0.39, 0.29) is 36.1 Å². The second-order valence-electron chi connectivity index (χ2n) is 8.06. The third-order valence-electron chi connectivity index (χ3n) is 5.73. The molecule has 1 amide bonds. The quantitative estimate of drug-likeness (QED) is 0.617. The molecule has 2 atom stereocenters.